The summed E-state index contributed by atoms with van der Waals surface area (Å²) in [6.45, 7) is 1.47. The largest absolute Gasteiger partial charge is 0.510 e. The number of rotatable bonds is 5. The van der Waals surface area contributed by atoms with Crippen LogP contribution in [0.5, 0.6) is 5.75 Å². The van der Waals surface area contributed by atoms with Crippen molar-refractivity contribution >= 4 is 38.3 Å². The molecule has 1 saturated carbocycles. The molecule has 0 bridgehead atoms. The highest BCUT2D eigenvalue weighted by molar-refractivity contribution is 7.22. The van der Waals surface area contributed by atoms with Crippen molar-refractivity contribution in [3.63, 3.8) is 0 Å². The molecule has 1 heterocycles. The third kappa shape index (κ3) is 4.24. The van der Waals surface area contributed by atoms with Crippen molar-refractivity contribution in [3.8, 4) is 5.75 Å². The van der Waals surface area contributed by atoms with Gasteiger partial charge < -0.3 is 30.9 Å². The molecule has 5 rings (SSSR count). The predicted molar refractivity (Wildman–Crippen MR) is 151 cm³/mol. The van der Waals surface area contributed by atoms with E-state index in [1.165, 1.54) is 17.1 Å². The number of carbonyl (C=O) groups excluding carboxylic acids is 3. The number of primary amides is 1. The molecule has 11 nitrogen and oxygen atoms in total. The number of nitrogens with two attached hydrogens (primary N) is 1. The fraction of sp³-hybridized carbons (Fsp3) is 0.357. The van der Waals surface area contributed by atoms with E-state index in [-0.39, 0.29) is 58.7 Å². The fourth-order valence-electron chi connectivity index (χ4n) is 6.65. The van der Waals surface area contributed by atoms with Crippen molar-refractivity contribution in [2.45, 2.75) is 37.5 Å². The molecule has 1 fully saturated rings. The van der Waals surface area contributed by atoms with Gasteiger partial charge in [0, 0.05) is 35.5 Å². The number of Topliss-reactive ketones (excluding diaryl/α,β-unsaturated/α-hetero) is 1. The molecule has 1 aromatic carbocycles. The number of carbonyl (C=O) groups is 3. The zero-order chi connectivity index (χ0) is 30.0. The van der Waals surface area contributed by atoms with Gasteiger partial charge in [-0.1, -0.05) is 6.08 Å². The number of hydrogen-bond donors (Lipinski definition) is 5. The standard InChI is InChI=1S/C28H31FN5O6P/c1-4-14-21(27(30)40)25(38)22(33(2)3)15-8-12-7-13-16(29)9-17(32-18(35)10-34-6-5-31-11-34)23(36)20(13)24(37)19(12)26(39)28(14,15)41/h4-6,9,11-12,15,22,36-38H,7-8,10,41H2,1-3H3,(H2,30,40)(H,32,35)/t12-,15-,22-,28-/m0/s1. The molecule has 216 valence electrons. The van der Waals surface area contributed by atoms with E-state index >= 15 is 4.39 Å². The van der Waals surface area contributed by atoms with Crippen LogP contribution >= 0.6 is 9.24 Å². The summed E-state index contributed by atoms with van der Waals surface area (Å²) in [5.41, 5.74) is 5.14. The molecule has 1 unspecified atom stereocenters. The van der Waals surface area contributed by atoms with Crippen molar-refractivity contribution < 1.29 is 34.1 Å². The number of nitrogens with zero attached hydrogens (tertiary/aromatic N) is 3. The van der Waals surface area contributed by atoms with Crippen LogP contribution in [0.4, 0.5) is 10.1 Å². The number of fused-ring (bicyclic) bond motifs is 3. The lowest BCUT2D eigenvalue weighted by Crippen LogP contribution is -2.60. The Bertz CT molecular complexity index is 1580. The lowest BCUT2D eigenvalue weighted by Gasteiger charge is -2.53. The number of phenols is 1. The van der Waals surface area contributed by atoms with E-state index in [0.29, 0.717) is 0 Å². The van der Waals surface area contributed by atoms with Crippen molar-refractivity contribution in [2.24, 2.45) is 17.6 Å². The van der Waals surface area contributed by atoms with Crippen molar-refractivity contribution in [2.75, 3.05) is 19.4 Å². The van der Waals surface area contributed by atoms with Gasteiger partial charge in [0.2, 0.25) is 5.91 Å². The molecule has 3 aliphatic rings. The van der Waals surface area contributed by atoms with Gasteiger partial charge in [0.15, 0.2) is 11.5 Å². The Labute approximate surface area is 237 Å². The minimum atomic E-state index is -1.46. The van der Waals surface area contributed by atoms with E-state index in [0.717, 1.165) is 6.07 Å². The normalized spacial score (nSPS) is 26.6. The number of anilines is 1. The zero-order valence-electron chi connectivity index (χ0n) is 22.7. The number of halogens is 1. The zero-order valence-corrected chi connectivity index (χ0v) is 23.8. The monoisotopic (exact) mass is 583 g/mol. The molecule has 5 atom stereocenters. The van der Waals surface area contributed by atoms with Gasteiger partial charge in [0.1, 0.15) is 23.9 Å². The number of aromatic hydroxyl groups is 1. The molecule has 0 spiro atoms. The van der Waals surface area contributed by atoms with Gasteiger partial charge in [0.25, 0.3) is 5.91 Å². The van der Waals surface area contributed by atoms with Crippen molar-refractivity contribution in [3.05, 3.63) is 70.3 Å². The van der Waals surface area contributed by atoms with Gasteiger partial charge in [0.05, 0.1) is 34.3 Å². The number of likely N-dealkylation sites (N-methyl/N-ethyl adjacent to an activating group) is 1. The van der Waals surface area contributed by atoms with Gasteiger partial charge in [-0.15, -0.1) is 9.24 Å². The topological polar surface area (TPSA) is 171 Å². The lowest BCUT2D eigenvalue weighted by molar-refractivity contribution is -0.121. The number of aromatic nitrogens is 2. The Hall–Kier alpha value is -4.02. The Morgan fingerprint density at radius 1 is 1.34 bits per heavy atom. The molecule has 2 amide bonds. The maximum absolute atomic E-state index is 15.5. The molecule has 41 heavy (non-hydrogen) atoms. The molecular formula is C28H31FN5O6P. The summed E-state index contributed by atoms with van der Waals surface area (Å²) in [6, 6.07) is 0.219. The van der Waals surface area contributed by atoms with E-state index in [9.17, 15) is 29.7 Å². The van der Waals surface area contributed by atoms with Gasteiger partial charge in [-0.05, 0) is 45.4 Å². The summed E-state index contributed by atoms with van der Waals surface area (Å²) >= 11 is 0. The molecule has 2 aromatic rings. The Morgan fingerprint density at radius 2 is 2.05 bits per heavy atom. The second-order valence-electron chi connectivity index (χ2n) is 10.8. The van der Waals surface area contributed by atoms with E-state index in [4.69, 9.17) is 5.73 Å². The van der Waals surface area contributed by atoms with Crippen LogP contribution in [0.2, 0.25) is 0 Å². The third-order valence-corrected chi connectivity index (χ3v) is 9.33. The number of ketones is 1. The van der Waals surface area contributed by atoms with Crippen LogP contribution in [-0.2, 0) is 27.3 Å². The summed E-state index contributed by atoms with van der Waals surface area (Å²) in [5, 5.41) is 34.7. The van der Waals surface area contributed by atoms with Crippen LogP contribution in [0.25, 0.3) is 5.76 Å². The number of hydrogen-bond acceptors (Lipinski definition) is 8. The number of aliphatic hydroxyl groups is 2. The third-order valence-electron chi connectivity index (χ3n) is 8.33. The van der Waals surface area contributed by atoms with E-state index in [1.807, 2.05) is 0 Å². The SMILES string of the molecule is CC=C1C(C(N)=O)=C(O)[C@@H](N(C)C)[C@@H]2C[C@@H]3Cc4c(F)cc(NC(=O)Cn5ccnc5)c(O)c4C(O)=C3C(=O)[C@]12P. The number of imidazole rings is 1. The number of phenolic OH excluding ortho intramolecular Hbond substituents is 1. The summed E-state index contributed by atoms with van der Waals surface area (Å²) in [7, 11) is 5.93. The van der Waals surface area contributed by atoms with Gasteiger partial charge >= 0.3 is 0 Å². The highest BCUT2D eigenvalue weighted by Crippen LogP contribution is 2.58. The van der Waals surface area contributed by atoms with Crippen LogP contribution in [0, 0.1) is 17.7 Å². The minimum Gasteiger partial charge on any atom is -0.510 e. The van der Waals surface area contributed by atoms with Crippen LogP contribution in [0.15, 0.2) is 53.3 Å². The quantitative estimate of drug-likeness (QED) is 0.263. The first kappa shape index (κ1) is 28.5. The van der Waals surface area contributed by atoms with Gasteiger partial charge in [-0.2, -0.15) is 0 Å². The minimum absolute atomic E-state index is 0.00599. The van der Waals surface area contributed by atoms with Crippen LogP contribution in [-0.4, -0.2) is 72.7 Å². The van der Waals surface area contributed by atoms with Crippen LogP contribution < -0.4 is 11.1 Å². The predicted octanol–water partition coefficient (Wildman–Crippen LogP) is 2.20. The lowest BCUT2D eigenvalue weighted by atomic mass is 9.57. The molecule has 1 aromatic heterocycles. The smallest absolute Gasteiger partial charge is 0.252 e. The number of benzene rings is 1. The fourth-order valence-corrected chi connectivity index (χ4v) is 7.43. The number of aliphatic hydroxyl groups excluding tert-OH is 2. The highest BCUT2D eigenvalue weighted by atomic mass is 31.0. The average Bonchev–Trinajstić information content (AvgIpc) is 3.40. The van der Waals surface area contributed by atoms with Gasteiger partial charge in [-0.25, -0.2) is 9.37 Å². The van der Waals surface area contributed by atoms with Crippen molar-refractivity contribution in [1.82, 2.24) is 14.5 Å². The molecule has 0 radical (unpaired) electrons. The maximum atomic E-state index is 15.5. The molecule has 3 aliphatic carbocycles. The maximum Gasteiger partial charge on any atom is 0.252 e. The average molecular weight is 584 g/mol. The molecular weight excluding hydrogens is 552 g/mol. The Balaban J connectivity index is 1.63. The number of amides is 2. The van der Waals surface area contributed by atoms with Crippen molar-refractivity contribution in [1.29, 1.82) is 0 Å². The summed E-state index contributed by atoms with van der Waals surface area (Å²) < 4.78 is 17.0. The van der Waals surface area contributed by atoms with Gasteiger partial charge in [-0.3, -0.25) is 19.3 Å². The van der Waals surface area contributed by atoms with E-state index < -0.39 is 58.0 Å². The Kier molecular flexibility index (Phi) is 7.03. The first-order chi connectivity index (χ1) is 19.3. The summed E-state index contributed by atoms with van der Waals surface area (Å²) in [6.07, 6.45) is 6.25. The van der Waals surface area contributed by atoms with Crippen LogP contribution in [0.1, 0.15) is 24.5 Å². The second kappa shape index (κ2) is 10.1. The number of allylic oxidation sites excluding steroid dienone is 2. The molecule has 13 heteroatoms. The molecule has 0 aliphatic heterocycles. The highest BCUT2D eigenvalue weighted by Gasteiger charge is 2.60. The first-order valence-electron chi connectivity index (χ1n) is 13.0. The summed E-state index contributed by atoms with van der Waals surface area (Å²) in [4.78, 5) is 45.0. The van der Waals surface area contributed by atoms with E-state index in [1.54, 1.807) is 38.2 Å². The second-order valence-corrected chi connectivity index (χ2v) is 11.7. The summed E-state index contributed by atoms with van der Waals surface area (Å²) in [5.74, 6) is -5.44. The first-order valence-corrected chi connectivity index (χ1v) is 13.5. The van der Waals surface area contributed by atoms with Crippen LogP contribution in [0.3, 0.4) is 0 Å². The van der Waals surface area contributed by atoms with E-state index in [2.05, 4.69) is 19.5 Å². The molecule has 6 N–H and O–H groups in total. The Morgan fingerprint density at radius 3 is 2.63 bits per heavy atom. The number of nitrogens with one attached hydrogen (secondary N) is 1. The molecule has 0 saturated heterocycles.